The number of amides is 1. The van der Waals surface area contributed by atoms with Crippen LogP contribution in [0.15, 0.2) is 42.5 Å². The Balaban J connectivity index is 1.92. The van der Waals surface area contributed by atoms with Crippen molar-refractivity contribution in [3.05, 3.63) is 48.0 Å². The number of hydrogen-bond donors (Lipinski definition) is 1. The van der Waals surface area contributed by atoms with E-state index in [2.05, 4.69) is 36.2 Å². The van der Waals surface area contributed by atoms with Crippen molar-refractivity contribution in [2.45, 2.75) is 110 Å². The molecule has 1 aromatic carbocycles. The van der Waals surface area contributed by atoms with Gasteiger partial charge in [-0.05, 0) is 50.5 Å². The van der Waals surface area contributed by atoms with Gasteiger partial charge in [0.1, 0.15) is 0 Å². The largest absolute Gasteiger partial charge is 0.339 e. The summed E-state index contributed by atoms with van der Waals surface area (Å²) in [7, 11) is 0. The van der Waals surface area contributed by atoms with Gasteiger partial charge in [0.2, 0.25) is 0 Å². The molecule has 0 aliphatic heterocycles. The third-order valence-electron chi connectivity index (χ3n) is 5.41. The Morgan fingerprint density at radius 1 is 0.867 bits per heavy atom. The van der Waals surface area contributed by atoms with Gasteiger partial charge < -0.3 is 5.32 Å². The minimum Gasteiger partial charge on any atom is -0.339 e. The number of carbonyl (C=O) groups excluding carboxylic acids is 1. The summed E-state index contributed by atoms with van der Waals surface area (Å²) >= 11 is 0. The van der Waals surface area contributed by atoms with E-state index < -0.39 is 0 Å². The SMILES string of the molecule is CCCCCCCC/C=C\CCCCCCCC#CC(=O)NC(C)c1ccccc1. The van der Waals surface area contributed by atoms with E-state index >= 15 is 0 Å². The fourth-order valence-electron chi connectivity index (χ4n) is 3.48. The second-order valence-corrected chi connectivity index (χ2v) is 8.24. The number of nitrogens with one attached hydrogen (secondary N) is 1. The summed E-state index contributed by atoms with van der Waals surface area (Å²) in [5.74, 6) is 5.56. The normalized spacial score (nSPS) is 11.8. The Kier molecular flexibility index (Phi) is 16.5. The van der Waals surface area contributed by atoms with Gasteiger partial charge in [-0.15, -0.1) is 0 Å². The first-order valence-electron chi connectivity index (χ1n) is 12.2. The molecule has 0 heterocycles. The predicted octanol–water partition coefficient (Wildman–Crippen LogP) is 7.90. The van der Waals surface area contributed by atoms with Gasteiger partial charge in [-0.25, -0.2) is 0 Å². The van der Waals surface area contributed by atoms with Crippen molar-refractivity contribution >= 4 is 5.91 Å². The van der Waals surface area contributed by atoms with Crippen molar-refractivity contribution in [2.24, 2.45) is 0 Å². The molecule has 2 heteroatoms. The number of rotatable bonds is 16. The zero-order valence-corrected chi connectivity index (χ0v) is 19.4. The van der Waals surface area contributed by atoms with Crippen LogP contribution in [-0.4, -0.2) is 5.91 Å². The Hall–Kier alpha value is -2.01. The van der Waals surface area contributed by atoms with E-state index in [0.717, 1.165) is 18.4 Å². The van der Waals surface area contributed by atoms with Crippen LogP contribution in [0.5, 0.6) is 0 Å². The quantitative estimate of drug-likeness (QED) is 0.168. The zero-order chi connectivity index (χ0) is 21.7. The van der Waals surface area contributed by atoms with Gasteiger partial charge in [0.25, 0.3) is 5.91 Å². The lowest BCUT2D eigenvalue weighted by molar-refractivity contribution is -0.116. The van der Waals surface area contributed by atoms with E-state index in [0.29, 0.717) is 0 Å². The molecule has 30 heavy (non-hydrogen) atoms. The van der Waals surface area contributed by atoms with E-state index in [9.17, 15) is 4.79 Å². The van der Waals surface area contributed by atoms with E-state index in [-0.39, 0.29) is 11.9 Å². The molecule has 1 atom stereocenters. The van der Waals surface area contributed by atoms with Crippen molar-refractivity contribution < 1.29 is 4.79 Å². The summed E-state index contributed by atoms with van der Waals surface area (Å²) in [5, 5.41) is 2.93. The second-order valence-electron chi connectivity index (χ2n) is 8.24. The summed E-state index contributed by atoms with van der Waals surface area (Å²) in [6.07, 6.45) is 22.5. The van der Waals surface area contributed by atoms with Crippen molar-refractivity contribution in [1.82, 2.24) is 5.32 Å². The number of hydrogen-bond acceptors (Lipinski definition) is 1. The third-order valence-corrected chi connectivity index (χ3v) is 5.41. The molecule has 0 fully saturated rings. The van der Waals surface area contributed by atoms with Gasteiger partial charge in [-0.1, -0.05) is 107 Å². The van der Waals surface area contributed by atoms with E-state index in [4.69, 9.17) is 0 Å². The Morgan fingerprint density at radius 2 is 1.43 bits per heavy atom. The van der Waals surface area contributed by atoms with Gasteiger partial charge in [-0.3, -0.25) is 4.79 Å². The van der Waals surface area contributed by atoms with E-state index in [1.165, 1.54) is 77.0 Å². The first-order chi connectivity index (χ1) is 14.7. The molecule has 0 aliphatic carbocycles. The maximum absolute atomic E-state index is 11.9. The Labute approximate surface area is 185 Å². The van der Waals surface area contributed by atoms with Gasteiger partial charge in [0.15, 0.2) is 0 Å². The lowest BCUT2D eigenvalue weighted by Crippen LogP contribution is -2.24. The summed E-state index contributed by atoms with van der Waals surface area (Å²) in [6.45, 7) is 4.26. The Morgan fingerprint density at radius 3 is 2.07 bits per heavy atom. The molecule has 1 amide bonds. The number of benzene rings is 1. The molecule has 0 saturated heterocycles. The zero-order valence-electron chi connectivity index (χ0n) is 19.4. The topological polar surface area (TPSA) is 29.1 Å². The van der Waals surface area contributed by atoms with Crippen LogP contribution >= 0.6 is 0 Å². The minimum absolute atomic E-state index is 0.00663. The molecule has 0 bridgehead atoms. The van der Waals surface area contributed by atoms with Crippen LogP contribution in [0.4, 0.5) is 0 Å². The fraction of sp³-hybridized carbons (Fsp3) is 0.607. The molecule has 1 aromatic rings. The molecule has 0 saturated carbocycles. The average Bonchev–Trinajstić information content (AvgIpc) is 2.76. The summed E-state index contributed by atoms with van der Waals surface area (Å²) < 4.78 is 0. The maximum atomic E-state index is 11.9. The third kappa shape index (κ3) is 14.9. The van der Waals surface area contributed by atoms with E-state index in [1.807, 2.05) is 37.3 Å². The van der Waals surface area contributed by atoms with Crippen molar-refractivity contribution in [3.8, 4) is 11.8 Å². The molecule has 1 N–H and O–H groups in total. The van der Waals surface area contributed by atoms with Gasteiger partial charge >= 0.3 is 0 Å². The first kappa shape index (κ1) is 26.0. The Bertz CT molecular complexity index is 623. The minimum atomic E-state index is -0.181. The van der Waals surface area contributed by atoms with Crippen LogP contribution in [-0.2, 0) is 4.79 Å². The second kappa shape index (κ2) is 19.0. The van der Waals surface area contributed by atoms with E-state index in [1.54, 1.807) is 0 Å². The monoisotopic (exact) mass is 409 g/mol. The van der Waals surface area contributed by atoms with Crippen LogP contribution < -0.4 is 5.32 Å². The summed E-state index contributed by atoms with van der Waals surface area (Å²) in [6, 6.07) is 9.97. The number of allylic oxidation sites excluding steroid dienone is 2. The van der Waals surface area contributed by atoms with Gasteiger partial charge in [-0.2, -0.15) is 0 Å². The van der Waals surface area contributed by atoms with Crippen LogP contribution in [0.2, 0.25) is 0 Å². The van der Waals surface area contributed by atoms with Crippen LogP contribution in [0.25, 0.3) is 0 Å². The van der Waals surface area contributed by atoms with Crippen LogP contribution in [0.1, 0.15) is 115 Å². The highest BCUT2D eigenvalue weighted by Crippen LogP contribution is 2.11. The fourth-order valence-corrected chi connectivity index (χ4v) is 3.48. The van der Waals surface area contributed by atoms with Crippen molar-refractivity contribution in [2.75, 3.05) is 0 Å². The molecule has 0 radical (unpaired) electrons. The van der Waals surface area contributed by atoms with Gasteiger partial charge in [0.05, 0.1) is 6.04 Å². The average molecular weight is 410 g/mol. The molecule has 0 aromatic heterocycles. The molecular formula is C28H43NO. The predicted molar refractivity (Wildman–Crippen MR) is 130 cm³/mol. The first-order valence-corrected chi connectivity index (χ1v) is 12.2. The molecule has 166 valence electrons. The highest BCUT2D eigenvalue weighted by Gasteiger charge is 2.06. The summed E-state index contributed by atoms with van der Waals surface area (Å²) in [5.41, 5.74) is 1.10. The molecule has 1 rings (SSSR count). The molecule has 1 unspecified atom stereocenters. The van der Waals surface area contributed by atoms with Crippen molar-refractivity contribution in [3.63, 3.8) is 0 Å². The summed E-state index contributed by atoms with van der Waals surface area (Å²) in [4.78, 5) is 11.9. The highest BCUT2D eigenvalue weighted by atomic mass is 16.1. The number of unbranched alkanes of at least 4 members (excludes halogenated alkanes) is 12. The highest BCUT2D eigenvalue weighted by molar-refractivity contribution is 5.93. The smallest absolute Gasteiger partial charge is 0.296 e. The molecular weight excluding hydrogens is 366 g/mol. The molecule has 0 spiro atoms. The standard InChI is InChI=1S/C28H43NO/c1-3-4-5-6-7-8-9-10-11-12-13-14-15-16-17-18-22-25-28(30)29-26(2)27-23-20-19-21-24-27/h10-11,19-21,23-24,26H,3-9,12-18H2,1-2H3,(H,29,30)/b11-10-. The molecule has 2 nitrogen and oxygen atoms in total. The maximum Gasteiger partial charge on any atom is 0.296 e. The number of carbonyl (C=O) groups is 1. The lowest BCUT2D eigenvalue weighted by Gasteiger charge is -2.11. The lowest BCUT2D eigenvalue weighted by atomic mass is 10.1. The van der Waals surface area contributed by atoms with Gasteiger partial charge in [0, 0.05) is 6.42 Å². The van der Waals surface area contributed by atoms with Crippen LogP contribution in [0.3, 0.4) is 0 Å². The molecule has 0 aliphatic rings. The van der Waals surface area contributed by atoms with Crippen molar-refractivity contribution in [1.29, 1.82) is 0 Å². The van der Waals surface area contributed by atoms with Crippen LogP contribution in [0, 0.1) is 11.8 Å².